The van der Waals surface area contributed by atoms with Crippen molar-refractivity contribution in [3.05, 3.63) is 0 Å². The van der Waals surface area contributed by atoms with Crippen LogP contribution in [0.4, 0.5) is 0 Å². The van der Waals surface area contributed by atoms with E-state index in [1.54, 1.807) is 0 Å². The normalized spacial score (nSPS) is 21.0. The first-order chi connectivity index (χ1) is 6.83. The van der Waals surface area contributed by atoms with Crippen LogP contribution in [0.25, 0.3) is 0 Å². The van der Waals surface area contributed by atoms with E-state index in [0.29, 0.717) is 4.83 Å². The van der Waals surface area contributed by atoms with Crippen LogP contribution >= 0.6 is 15.9 Å². The summed E-state index contributed by atoms with van der Waals surface area (Å²) in [6.07, 6.45) is 1.12. The van der Waals surface area contributed by atoms with Crippen LogP contribution in [0.15, 0.2) is 0 Å². The smallest absolute Gasteiger partial charge is 0.0594 e. The maximum atomic E-state index is 5.56. The number of halogens is 1. The molecule has 4 heteroatoms. The van der Waals surface area contributed by atoms with Crippen molar-refractivity contribution < 1.29 is 9.47 Å². The zero-order chi connectivity index (χ0) is 10.2. The van der Waals surface area contributed by atoms with Gasteiger partial charge in [0.2, 0.25) is 0 Å². The molecule has 14 heavy (non-hydrogen) atoms. The quantitative estimate of drug-likeness (QED) is 0.537. The summed E-state index contributed by atoms with van der Waals surface area (Å²) in [5.41, 5.74) is 0. The van der Waals surface area contributed by atoms with Gasteiger partial charge in [-0.3, -0.25) is 4.90 Å². The summed E-state index contributed by atoms with van der Waals surface area (Å²) in [7, 11) is 0. The summed E-state index contributed by atoms with van der Waals surface area (Å²) in [6, 6.07) is 0. The summed E-state index contributed by atoms with van der Waals surface area (Å²) in [4.78, 5) is 2.89. The number of nitrogens with zero attached hydrogens (tertiary/aromatic N) is 1. The molecule has 1 unspecified atom stereocenters. The maximum absolute atomic E-state index is 5.56. The summed E-state index contributed by atoms with van der Waals surface area (Å²) in [5.74, 6) is 0. The number of morpholine rings is 1. The Labute approximate surface area is 94.9 Å². The number of rotatable bonds is 6. The van der Waals surface area contributed by atoms with Gasteiger partial charge in [0.15, 0.2) is 0 Å². The van der Waals surface area contributed by atoms with Gasteiger partial charge in [-0.15, -0.1) is 0 Å². The summed E-state index contributed by atoms with van der Waals surface area (Å²) < 4.78 is 10.8. The van der Waals surface area contributed by atoms with E-state index >= 15 is 0 Å². The molecule has 0 aromatic heterocycles. The van der Waals surface area contributed by atoms with Crippen LogP contribution in [0, 0.1) is 0 Å². The number of alkyl halides is 1. The van der Waals surface area contributed by atoms with Gasteiger partial charge in [-0.05, 0) is 6.42 Å². The van der Waals surface area contributed by atoms with Gasteiger partial charge in [0.25, 0.3) is 0 Å². The van der Waals surface area contributed by atoms with Gasteiger partial charge in [-0.25, -0.2) is 0 Å². The van der Waals surface area contributed by atoms with E-state index in [1.807, 2.05) is 0 Å². The molecule has 0 saturated carbocycles. The van der Waals surface area contributed by atoms with Crippen molar-refractivity contribution >= 4 is 15.9 Å². The molecule has 1 aliphatic rings. The molecule has 1 saturated heterocycles. The Bertz CT molecular complexity index is 140. The van der Waals surface area contributed by atoms with E-state index < -0.39 is 0 Å². The van der Waals surface area contributed by atoms with Gasteiger partial charge >= 0.3 is 0 Å². The average molecular weight is 266 g/mol. The summed E-state index contributed by atoms with van der Waals surface area (Å²) >= 11 is 3.54. The first-order valence-electron chi connectivity index (χ1n) is 5.35. The number of hydrogen-bond acceptors (Lipinski definition) is 3. The Morgan fingerprint density at radius 3 is 2.79 bits per heavy atom. The van der Waals surface area contributed by atoms with E-state index in [-0.39, 0.29) is 0 Å². The number of hydrogen-bond donors (Lipinski definition) is 0. The molecule has 1 rings (SSSR count). The van der Waals surface area contributed by atoms with Crippen LogP contribution in [-0.2, 0) is 9.47 Å². The van der Waals surface area contributed by atoms with Crippen molar-refractivity contribution in [1.29, 1.82) is 0 Å². The molecule has 0 spiro atoms. The highest BCUT2D eigenvalue weighted by atomic mass is 79.9. The summed E-state index contributed by atoms with van der Waals surface area (Å²) in [6.45, 7) is 8.69. The largest absolute Gasteiger partial charge is 0.379 e. The van der Waals surface area contributed by atoms with Crippen LogP contribution in [0.3, 0.4) is 0 Å². The minimum Gasteiger partial charge on any atom is -0.379 e. The second-order valence-electron chi connectivity index (χ2n) is 3.53. The van der Waals surface area contributed by atoms with Gasteiger partial charge in [0.1, 0.15) is 0 Å². The molecule has 0 aromatic rings. The first kappa shape index (κ1) is 12.4. The van der Waals surface area contributed by atoms with Crippen molar-refractivity contribution in [3.8, 4) is 0 Å². The zero-order valence-electron chi connectivity index (χ0n) is 8.88. The highest BCUT2D eigenvalue weighted by molar-refractivity contribution is 9.09. The summed E-state index contributed by atoms with van der Waals surface area (Å²) in [5, 5.41) is 0. The molecule has 1 fully saturated rings. The van der Waals surface area contributed by atoms with E-state index in [1.165, 1.54) is 0 Å². The Kier molecular flexibility index (Phi) is 6.77. The minimum absolute atomic E-state index is 0.507. The SMILES string of the molecule is CCC(Br)COCCN1CCOCC1. The molecule has 84 valence electrons. The molecule has 3 nitrogen and oxygen atoms in total. The maximum Gasteiger partial charge on any atom is 0.0594 e. The third-order valence-corrected chi connectivity index (χ3v) is 3.31. The lowest BCUT2D eigenvalue weighted by atomic mass is 10.3. The van der Waals surface area contributed by atoms with Crippen molar-refractivity contribution in [2.24, 2.45) is 0 Å². The Morgan fingerprint density at radius 2 is 2.14 bits per heavy atom. The van der Waals surface area contributed by atoms with Crippen molar-refractivity contribution in [2.75, 3.05) is 46.1 Å². The third kappa shape index (κ3) is 5.29. The Hall–Kier alpha value is 0.360. The molecule has 1 heterocycles. The monoisotopic (exact) mass is 265 g/mol. The molecule has 0 bridgehead atoms. The van der Waals surface area contributed by atoms with Crippen LogP contribution in [0.2, 0.25) is 0 Å². The van der Waals surface area contributed by atoms with Gasteiger partial charge in [-0.2, -0.15) is 0 Å². The van der Waals surface area contributed by atoms with Gasteiger partial charge in [0, 0.05) is 24.5 Å². The second kappa shape index (κ2) is 7.63. The van der Waals surface area contributed by atoms with E-state index in [4.69, 9.17) is 9.47 Å². The lowest BCUT2D eigenvalue weighted by Crippen LogP contribution is -2.38. The standard InChI is InChI=1S/C10H20BrNO2/c1-2-10(11)9-14-8-5-12-3-6-13-7-4-12/h10H,2-9H2,1H3. The van der Waals surface area contributed by atoms with E-state index in [0.717, 1.165) is 52.5 Å². The Morgan fingerprint density at radius 1 is 1.43 bits per heavy atom. The predicted molar refractivity (Wildman–Crippen MR) is 61.1 cm³/mol. The predicted octanol–water partition coefficient (Wildman–Crippen LogP) is 1.51. The minimum atomic E-state index is 0.507. The molecule has 0 N–H and O–H groups in total. The zero-order valence-corrected chi connectivity index (χ0v) is 10.5. The fourth-order valence-corrected chi connectivity index (χ4v) is 1.53. The van der Waals surface area contributed by atoms with Gasteiger partial charge < -0.3 is 9.47 Å². The molecular formula is C10H20BrNO2. The first-order valence-corrected chi connectivity index (χ1v) is 6.26. The molecule has 1 aliphatic heterocycles. The molecule has 0 aromatic carbocycles. The van der Waals surface area contributed by atoms with Gasteiger partial charge in [-0.1, -0.05) is 22.9 Å². The fourth-order valence-electron chi connectivity index (χ4n) is 1.35. The molecule has 1 atom stereocenters. The number of ether oxygens (including phenoxy) is 2. The molecule has 0 radical (unpaired) electrons. The fraction of sp³-hybridized carbons (Fsp3) is 1.00. The van der Waals surface area contributed by atoms with Crippen LogP contribution < -0.4 is 0 Å². The van der Waals surface area contributed by atoms with Crippen molar-refractivity contribution in [1.82, 2.24) is 4.90 Å². The van der Waals surface area contributed by atoms with E-state index in [2.05, 4.69) is 27.8 Å². The second-order valence-corrected chi connectivity index (χ2v) is 4.83. The average Bonchev–Trinajstić information content (AvgIpc) is 2.25. The van der Waals surface area contributed by atoms with Crippen LogP contribution in [0.1, 0.15) is 13.3 Å². The molecular weight excluding hydrogens is 246 g/mol. The van der Waals surface area contributed by atoms with E-state index in [9.17, 15) is 0 Å². The topological polar surface area (TPSA) is 21.7 Å². The van der Waals surface area contributed by atoms with Gasteiger partial charge in [0.05, 0.1) is 26.4 Å². The molecule has 0 aliphatic carbocycles. The van der Waals surface area contributed by atoms with Crippen molar-refractivity contribution in [3.63, 3.8) is 0 Å². The van der Waals surface area contributed by atoms with Crippen molar-refractivity contribution in [2.45, 2.75) is 18.2 Å². The lowest BCUT2D eigenvalue weighted by Gasteiger charge is -2.26. The van der Waals surface area contributed by atoms with Crippen LogP contribution in [0.5, 0.6) is 0 Å². The molecule has 0 amide bonds. The Balaban J connectivity index is 1.92. The third-order valence-electron chi connectivity index (χ3n) is 2.40. The van der Waals surface area contributed by atoms with Crippen LogP contribution in [-0.4, -0.2) is 55.8 Å². The highest BCUT2D eigenvalue weighted by Crippen LogP contribution is 2.04. The lowest BCUT2D eigenvalue weighted by molar-refractivity contribution is 0.0207. The highest BCUT2D eigenvalue weighted by Gasteiger charge is 2.09.